The Balaban J connectivity index is 2.49. The van der Waals surface area contributed by atoms with Crippen molar-refractivity contribution >= 4 is 18.6 Å². The van der Waals surface area contributed by atoms with Gasteiger partial charge in [0.25, 0.3) is 0 Å². The van der Waals surface area contributed by atoms with Gasteiger partial charge in [-0.25, -0.2) is 4.98 Å². The third-order valence-electron chi connectivity index (χ3n) is 2.69. The summed E-state index contributed by atoms with van der Waals surface area (Å²) in [4.78, 5) is 4.17. The van der Waals surface area contributed by atoms with Gasteiger partial charge in [-0.3, -0.25) is 0 Å². The minimum atomic E-state index is 0.555. The first kappa shape index (κ1) is 9.57. The van der Waals surface area contributed by atoms with E-state index < -0.39 is 0 Å². The van der Waals surface area contributed by atoms with Crippen LogP contribution in [-0.4, -0.2) is 16.8 Å². The van der Waals surface area contributed by atoms with Crippen LogP contribution in [0, 0.1) is 11.8 Å². The molecule has 1 aliphatic heterocycles. The maximum atomic E-state index is 4.17. The molecule has 1 aromatic heterocycles. The van der Waals surface area contributed by atoms with E-state index in [1.54, 1.807) is 0 Å². The average Bonchev–Trinajstić information content (AvgIpc) is 2.58. The molecule has 0 amide bonds. The highest BCUT2D eigenvalue weighted by Crippen LogP contribution is 2.27. The molecule has 1 aromatic rings. The fraction of sp³-hybridized carbons (Fsp3) is 0.545. The zero-order valence-electron chi connectivity index (χ0n) is 9.28. The van der Waals surface area contributed by atoms with E-state index in [4.69, 9.17) is 0 Å². The molecular weight excluding hydrogens is 171 g/mol. The van der Waals surface area contributed by atoms with E-state index in [-0.39, 0.29) is 0 Å². The van der Waals surface area contributed by atoms with Crippen LogP contribution in [0.1, 0.15) is 27.7 Å². The van der Waals surface area contributed by atoms with Crippen molar-refractivity contribution in [1.82, 2.24) is 9.55 Å². The largest absolute Gasteiger partial charge is 0.317 e. The van der Waals surface area contributed by atoms with Gasteiger partial charge in [0.2, 0.25) is 7.28 Å². The summed E-state index contributed by atoms with van der Waals surface area (Å²) in [6.45, 7) is 8.96. The van der Waals surface area contributed by atoms with Crippen LogP contribution in [0.5, 0.6) is 0 Å². The molecule has 0 fully saturated rings. The van der Waals surface area contributed by atoms with Crippen LogP contribution < -0.4 is 5.59 Å². The molecule has 0 N–H and O–H groups in total. The molecule has 0 spiro atoms. The minimum Gasteiger partial charge on any atom is -0.317 e. The SMILES string of the molecule is CC(C)C1=C(C(C)C)n2cncc2[B]1. The van der Waals surface area contributed by atoms with E-state index in [1.807, 2.05) is 12.5 Å². The van der Waals surface area contributed by atoms with Gasteiger partial charge in [-0.15, -0.1) is 0 Å². The summed E-state index contributed by atoms with van der Waals surface area (Å²) in [5, 5.41) is 0. The first-order valence-corrected chi connectivity index (χ1v) is 5.22. The van der Waals surface area contributed by atoms with E-state index in [0.29, 0.717) is 11.8 Å². The molecule has 0 bridgehead atoms. The predicted molar refractivity (Wildman–Crippen MR) is 60.5 cm³/mol. The maximum Gasteiger partial charge on any atom is 0.214 e. The van der Waals surface area contributed by atoms with Gasteiger partial charge < -0.3 is 4.57 Å². The Hall–Kier alpha value is -0.985. The molecule has 0 aromatic carbocycles. The van der Waals surface area contributed by atoms with Crippen molar-refractivity contribution in [2.45, 2.75) is 27.7 Å². The van der Waals surface area contributed by atoms with E-state index in [1.165, 1.54) is 16.8 Å². The number of fused-ring (bicyclic) bond motifs is 1. The van der Waals surface area contributed by atoms with Gasteiger partial charge in [0, 0.05) is 17.5 Å². The molecule has 0 saturated carbocycles. The maximum absolute atomic E-state index is 4.17. The lowest BCUT2D eigenvalue weighted by Gasteiger charge is -2.15. The number of nitrogens with zero attached hydrogens (tertiary/aromatic N) is 2. The molecule has 0 saturated heterocycles. The second-order valence-electron chi connectivity index (χ2n) is 4.48. The number of rotatable bonds is 2. The predicted octanol–water partition coefficient (Wildman–Crippen LogP) is 1.71. The zero-order chi connectivity index (χ0) is 10.3. The fourth-order valence-corrected chi connectivity index (χ4v) is 2.06. The van der Waals surface area contributed by atoms with Gasteiger partial charge >= 0.3 is 0 Å². The zero-order valence-corrected chi connectivity index (χ0v) is 9.28. The second kappa shape index (κ2) is 3.30. The van der Waals surface area contributed by atoms with E-state index >= 15 is 0 Å². The molecule has 0 aliphatic carbocycles. The van der Waals surface area contributed by atoms with E-state index in [9.17, 15) is 0 Å². The molecule has 2 nitrogen and oxygen atoms in total. The van der Waals surface area contributed by atoms with Crippen molar-refractivity contribution in [1.29, 1.82) is 0 Å². The highest BCUT2D eigenvalue weighted by atomic mass is 15.1. The van der Waals surface area contributed by atoms with Crippen LogP contribution in [0.4, 0.5) is 0 Å². The van der Waals surface area contributed by atoms with Crippen molar-refractivity contribution < 1.29 is 0 Å². The number of hydrogen-bond acceptors (Lipinski definition) is 1. The Morgan fingerprint density at radius 1 is 1.21 bits per heavy atom. The van der Waals surface area contributed by atoms with Crippen molar-refractivity contribution in [2.24, 2.45) is 11.8 Å². The van der Waals surface area contributed by atoms with Gasteiger partial charge in [0.05, 0.1) is 6.33 Å². The fourth-order valence-electron chi connectivity index (χ4n) is 2.06. The lowest BCUT2D eigenvalue weighted by Crippen LogP contribution is -2.17. The summed E-state index contributed by atoms with van der Waals surface area (Å²) in [7, 11) is 2.26. The summed E-state index contributed by atoms with van der Waals surface area (Å²) in [5.41, 5.74) is 4.09. The summed E-state index contributed by atoms with van der Waals surface area (Å²) in [5.74, 6) is 1.14. The van der Waals surface area contributed by atoms with Crippen LogP contribution in [0.25, 0.3) is 5.70 Å². The van der Waals surface area contributed by atoms with Crippen molar-refractivity contribution in [3.63, 3.8) is 0 Å². The number of hydrogen-bond donors (Lipinski definition) is 0. The lowest BCUT2D eigenvalue weighted by molar-refractivity contribution is 0.753. The molecule has 14 heavy (non-hydrogen) atoms. The molecule has 2 heterocycles. The second-order valence-corrected chi connectivity index (χ2v) is 4.48. The summed E-state index contributed by atoms with van der Waals surface area (Å²) in [6.07, 6.45) is 3.84. The molecule has 73 valence electrons. The summed E-state index contributed by atoms with van der Waals surface area (Å²) in [6, 6.07) is 0. The summed E-state index contributed by atoms with van der Waals surface area (Å²) >= 11 is 0. The summed E-state index contributed by atoms with van der Waals surface area (Å²) < 4.78 is 2.21. The molecule has 1 radical (unpaired) electrons. The smallest absolute Gasteiger partial charge is 0.214 e. The van der Waals surface area contributed by atoms with Gasteiger partial charge in [-0.1, -0.05) is 33.2 Å². The normalized spacial score (nSPS) is 15.3. The number of imidazole rings is 1. The molecule has 0 unspecified atom stereocenters. The number of aromatic nitrogens is 2. The first-order valence-electron chi connectivity index (χ1n) is 5.22. The van der Waals surface area contributed by atoms with Gasteiger partial charge in [0.15, 0.2) is 0 Å². The number of allylic oxidation sites excluding steroid dienone is 2. The van der Waals surface area contributed by atoms with Crippen molar-refractivity contribution in [3.05, 3.63) is 18.0 Å². The van der Waals surface area contributed by atoms with Gasteiger partial charge in [0.1, 0.15) is 0 Å². The molecule has 3 heteroatoms. The van der Waals surface area contributed by atoms with Crippen LogP contribution in [0.15, 0.2) is 18.0 Å². The highest BCUT2D eigenvalue weighted by Gasteiger charge is 2.25. The Labute approximate surface area is 86.3 Å². The molecule has 1 aliphatic rings. The Morgan fingerprint density at radius 3 is 2.50 bits per heavy atom. The van der Waals surface area contributed by atoms with Crippen LogP contribution in [0.3, 0.4) is 0 Å². The molecular formula is C11H16BN2. The lowest BCUT2D eigenvalue weighted by atomic mass is 9.63. The minimum absolute atomic E-state index is 0.555. The van der Waals surface area contributed by atoms with Crippen LogP contribution >= 0.6 is 0 Å². The Morgan fingerprint density at radius 2 is 1.93 bits per heavy atom. The van der Waals surface area contributed by atoms with Crippen LogP contribution in [0.2, 0.25) is 0 Å². The quantitative estimate of drug-likeness (QED) is 0.644. The standard InChI is InChI=1S/C11H16BN2/c1-7(2)10-11(8(3)4)14-6-13-5-9(14)12-10/h5-8H,1-4H3. The van der Waals surface area contributed by atoms with Gasteiger partial charge in [-0.2, -0.15) is 0 Å². The topological polar surface area (TPSA) is 17.8 Å². The van der Waals surface area contributed by atoms with Gasteiger partial charge in [-0.05, 0) is 11.8 Å². The van der Waals surface area contributed by atoms with Crippen molar-refractivity contribution in [3.8, 4) is 0 Å². The first-order chi connectivity index (χ1) is 6.61. The third-order valence-corrected chi connectivity index (χ3v) is 2.69. The molecule has 2 rings (SSSR count). The Kier molecular flexibility index (Phi) is 2.26. The van der Waals surface area contributed by atoms with E-state index in [0.717, 1.165) is 0 Å². The monoisotopic (exact) mass is 187 g/mol. The molecule has 0 atom stereocenters. The van der Waals surface area contributed by atoms with Crippen molar-refractivity contribution in [2.75, 3.05) is 0 Å². The highest BCUT2D eigenvalue weighted by molar-refractivity contribution is 6.63. The Bertz CT molecular complexity index is 374. The van der Waals surface area contributed by atoms with E-state index in [2.05, 4.69) is 44.5 Å². The third kappa shape index (κ3) is 1.31. The average molecular weight is 187 g/mol. The van der Waals surface area contributed by atoms with Crippen LogP contribution in [-0.2, 0) is 0 Å².